The van der Waals surface area contributed by atoms with E-state index in [1.165, 1.54) is 28.8 Å². The van der Waals surface area contributed by atoms with Crippen molar-refractivity contribution < 1.29 is 14.0 Å². The highest BCUT2D eigenvalue weighted by molar-refractivity contribution is 7.99. The highest BCUT2D eigenvalue weighted by Gasteiger charge is 2.27. The second kappa shape index (κ2) is 5.31. The Bertz CT molecular complexity index is 417. The van der Waals surface area contributed by atoms with Gasteiger partial charge in [0.15, 0.2) is 0 Å². The molecule has 17 heavy (non-hydrogen) atoms. The molecule has 0 saturated carbocycles. The monoisotopic (exact) mass is 253 g/mol. The second-order valence-corrected chi connectivity index (χ2v) is 4.91. The lowest BCUT2D eigenvalue weighted by atomic mass is 10.4. The molecule has 5 heteroatoms. The lowest BCUT2D eigenvalue weighted by Gasteiger charge is -2.12. The number of amides is 2. The lowest BCUT2D eigenvalue weighted by Crippen LogP contribution is -2.31. The molecule has 1 fully saturated rings. The average Bonchev–Trinajstić information content (AvgIpc) is 2.63. The molecule has 0 atom stereocenters. The van der Waals surface area contributed by atoms with Crippen molar-refractivity contribution in [3.63, 3.8) is 0 Å². The molecule has 0 unspecified atom stereocenters. The number of carbonyl (C=O) groups is 2. The maximum absolute atomic E-state index is 12.7. The first-order valence-electron chi connectivity index (χ1n) is 5.38. The highest BCUT2D eigenvalue weighted by atomic mass is 32.2. The number of nitrogens with zero attached hydrogens (tertiary/aromatic N) is 1. The molecule has 1 aromatic rings. The molecule has 0 spiro atoms. The number of hydrogen-bond acceptors (Lipinski definition) is 3. The van der Waals surface area contributed by atoms with Gasteiger partial charge in [0.25, 0.3) is 0 Å². The molecule has 0 radical (unpaired) electrons. The Morgan fingerprint density at radius 3 is 2.29 bits per heavy atom. The molecule has 2 rings (SSSR count). The van der Waals surface area contributed by atoms with Crippen LogP contribution in [0.5, 0.6) is 0 Å². The third kappa shape index (κ3) is 3.06. The van der Waals surface area contributed by atoms with Crippen LogP contribution >= 0.6 is 11.8 Å². The van der Waals surface area contributed by atoms with Gasteiger partial charge in [0.05, 0.1) is 0 Å². The predicted octanol–water partition coefficient (Wildman–Crippen LogP) is 2.07. The van der Waals surface area contributed by atoms with Crippen molar-refractivity contribution in [1.29, 1.82) is 0 Å². The first-order chi connectivity index (χ1) is 8.16. The second-order valence-electron chi connectivity index (χ2n) is 3.74. The molecule has 0 aromatic heterocycles. The van der Waals surface area contributed by atoms with E-state index in [2.05, 4.69) is 0 Å². The maximum atomic E-state index is 12.7. The van der Waals surface area contributed by atoms with Gasteiger partial charge in [-0.3, -0.25) is 14.5 Å². The first kappa shape index (κ1) is 12.1. The van der Waals surface area contributed by atoms with Crippen molar-refractivity contribution in [3.05, 3.63) is 30.1 Å². The molecule has 1 aliphatic heterocycles. The normalized spacial score (nSPS) is 15.7. The minimum atomic E-state index is -0.265. The Labute approximate surface area is 103 Å². The SMILES string of the molecule is O=C1CCC(=O)N1CCSc1ccc(F)cc1. The van der Waals surface area contributed by atoms with Crippen LogP contribution in [-0.2, 0) is 9.59 Å². The Morgan fingerprint density at radius 2 is 1.71 bits per heavy atom. The van der Waals surface area contributed by atoms with Crippen LogP contribution in [0.2, 0.25) is 0 Å². The van der Waals surface area contributed by atoms with Gasteiger partial charge >= 0.3 is 0 Å². The van der Waals surface area contributed by atoms with Gasteiger partial charge in [0.1, 0.15) is 5.82 Å². The molecule has 2 amide bonds. The number of carbonyl (C=O) groups excluding carboxylic acids is 2. The van der Waals surface area contributed by atoms with Gasteiger partial charge < -0.3 is 0 Å². The summed E-state index contributed by atoms with van der Waals surface area (Å²) in [5.74, 6) is 0.201. The molecule has 1 saturated heterocycles. The van der Waals surface area contributed by atoms with Gasteiger partial charge in [-0.25, -0.2) is 4.39 Å². The van der Waals surface area contributed by atoms with Gasteiger partial charge in [0, 0.05) is 30.0 Å². The number of benzene rings is 1. The average molecular weight is 253 g/mol. The molecule has 1 heterocycles. The summed E-state index contributed by atoms with van der Waals surface area (Å²) < 4.78 is 12.7. The van der Waals surface area contributed by atoms with Gasteiger partial charge in [0.2, 0.25) is 11.8 Å². The van der Waals surface area contributed by atoms with Crippen molar-refractivity contribution in [2.24, 2.45) is 0 Å². The fourth-order valence-electron chi connectivity index (χ4n) is 1.66. The van der Waals surface area contributed by atoms with Gasteiger partial charge in [-0.05, 0) is 24.3 Å². The zero-order valence-corrected chi connectivity index (χ0v) is 10.0. The van der Waals surface area contributed by atoms with Crippen LogP contribution in [0.4, 0.5) is 4.39 Å². The quantitative estimate of drug-likeness (QED) is 0.609. The molecule has 1 aromatic carbocycles. The highest BCUT2D eigenvalue weighted by Crippen LogP contribution is 2.19. The van der Waals surface area contributed by atoms with Gasteiger partial charge in [-0.15, -0.1) is 11.8 Å². The zero-order chi connectivity index (χ0) is 12.3. The summed E-state index contributed by atoms with van der Waals surface area (Å²) in [6, 6.07) is 6.17. The Kier molecular flexibility index (Phi) is 3.78. The Morgan fingerprint density at radius 1 is 1.12 bits per heavy atom. The van der Waals surface area contributed by atoms with E-state index in [0.717, 1.165) is 4.90 Å². The zero-order valence-electron chi connectivity index (χ0n) is 9.19. The fraction of sp³-hybridized carbons (Fsp3) is 0.333. The Hall–Kier alpha value is -1.36. The number of imide groups is 1. The van der Waals surface area contributed by atoms with Crippen molar-refractivity contribution in [2.45, 2.75) is 17.7 Å². The molecule has 1 aliphatic rings. The van der Waals surface area contributed by atoms with Crippen molar-refractivity contribution in [3.8, 4) is 0 Å². The summed E-state index contributed by atoms with van der Waals surface area (Å²) in [4.78, 5) is 24.9. The van der Waals surface area contributed by atoms with Crippen LogP contribution in [0, 0.1) is 5.82 Å². The minimum Gasteiger partial charge on any atom is -0.282 e. The summed E-state index contributed by atoms with van der Waals surface area (Å²) in [7, 11) is 0. The van der Waals surface area contributed by atoms with Crippen LogP contribution in [0.25, 0.3) is 0 Å². The van der Waals surface area contributed by atoms with Crippen molar-refractivity contribution in [1.82, 2.24) is 4.90 Å². The van der Waals surface area contributed by atoms with E-state index < -0.39 is 0 Å². The smallest absolute Gasteiger partial charge is 0.229 e. The number of likely N-dealkylation sites (tertiary alicyclic amines) is 1. The van der Waals surface area contributed by atoms with Crippen LogP contribution in [0.15, 0.2) is 29.2 Å². The summed E-state index contributed by atoms with van der Waals surface area (Å²) in [6.07, 6.45) is 0.667. The molecule has 0 N–H and O–H groups in total. The van der Waals surface area contributed by atoms with Crippen molar-refractivity contribution >= 4 is 23.6 Å². The number of rotatable bonds is 4. The first-order valence-corrected chi connectivity index (χ1v) is 6.37. The van der Waals surface area contributed by atoms with Crippen LogP contribution in [0.1, 0.15) is 12.8 Å². The fourth-order valence-corrected chi connectivity index (χ4v) is 2.50. The summed E-state index contributed by atoms with van der Waals surface area (Å²) in [5.41, 5.74) is 0. The molecular formula is C12H12FNO2S. The van der Waals surface area contributed by atoms with E-state index in [-0.39, 0.29) is 17.6 Å². The third-order valence-electron chi connectivity index (χ3n) is 2.55. The van der Waals surface area contributed by atoms with Crippen LogP contribution in [-0.4, -0.2) is 29.0 Å². The largest absolute Gasteiger partial charge is 0.282 e. The number of halogens is 1. The molecule has 0 aliphatic carbocycles. The van der Waals surface area contributed by atoms with Crippen LogP contribution in [0.3, 0.4) is 0 Å². The number of thioether (sulfide) groups is 1. The molecule has 3 nitrogen and oxygen atoms in total. The van der Waals surface area contributed by atoms with Gasteiger partial charge in [-0.1, -0.05) is 0 Å². The predicted molar refractivity (Wildman–Crippen MR) is 63.1 cm³/mol. The summed E-state index contributed by atoms with van der Waals surface area (Å²) in [6.45, 7) is 0.430. The third-order valence-corrected chi connectivity index (χ3v) is 3.54. The topological polar surface area (TPSA) is 37.4 Å². The van der Waals surface area contributed by atoms with E-state index in [1.807, 2.05) is 0 Å². The van der Waals surface area contributed by atoms with E-state index in [9.17, 15) is 14.0 Å². The summed E-state index contributed by atoms with van der Waals surface area (Å²) >= 11 is 1.51. The molecular weight excluding hydrogens is 241 g/mol. The number of hydrogen-bond donors (Lipinski definition) is 0. The van der Waals surface area contributed by atoms with E-state index >= 15 is 0 Å². The van der Waals surface area contributed by atoms with Crippen molar-refractivity contribution in [2.75, 3.05) is 12.3 Å². The van der Waals surface area contributed by atoms with E-state index in [0.29, 0.717) is 25.1 Å². The van der Waals surface area contributed by atoms with E-state index in [1.54, 1.807) is 12.1 Å². The van der Waals surface area contributed by atoms with Gasteiger partial charge in [-0.2, -0.15) is 0 Å². The minimum absolute atomic E-state index is 0.0882. The van der Waals surface area contributed by atoms with Crippen LogP contribution < -0.4 is 0 Å². The van der Waals surface area contributed by atoms with E-state index in [4.69, 9.17) is 0 Å². The Balaban J connectivity index is 1.81. The summed E-state index contributed by atoms with van der Waals surface area (Å²) in [5, 5.41) is 0. The standard InChI is InChI=1S/C12H12FNO2S/c13-9-1-3-10(4-2-9)17-8-7-14-11(15)5-6-12(14)16/h1-4H,5-8H2. The lowest BCUT2D eigenvalue weighted by molar-refractivity contribution is -0.137. The molecule has 0 bridgehead atoms. The maximum Gasteiger partial charge on any atom is 0.229 e. The molecule has 90 valence electrons.